The van der Waals surface area contributed by atoms with Crippen molar-refractivity contribution in [1.29, 1.82) is 0 Å². The van der Waals surface area contributed by atoms with Crippen LogP contribution in [-0.4, -0.2) is 93.7 Å². The standard InChI is InChI=1S/C39H37ClO12/c40-26-46-22-21-45-23-24-47-39-34(52-38(44)30-19-11-4-12-20-30)33(51-37(43)29-17-9-3-10-18-29)32(50-36(42)28-15-7-2-8-16-28)31(49-39)25-48-35(41)27-13-5-1-6-14-27/h1-20,31-34,39H,21-26H2/t31-,32-,33+,34+,39+/m1/s1. The van der Waals surface area contributed by atoms with Crippen LogP contribution in [0.25, 0.3) is 0 Å². The molecule has 1 aliphatic heterocycles. The molecule has 0 bridgehead atoms. The minimum Gasteiger partial charge on any atom is -0.459 e. The molecule has 0 aromatic heterocycles. The zero-order valence-electron chi connectivity index (χ0n) is 28.0. The van der Waals surface area contributed by atoms with E-state index in [0.717, 1.165) is 0 Å². The highest BCUT2D eigenvalue weighted by Gasteiger charge is 2.53. The van der Waals surface area contributed by atoms with Gasteiger partial charge in [0.05, 0.1) is 48.7 Å². The highest BCUT2D eigenvalue weighted by Crippen LogP contribution is 2.32. The third kappa shape index (κ3) is 10.9. The average molecular weight is 733 g/mol. The van der Waals surface area contributed by atoms with Crippen LogP contribution in [0.4, 0.5) is 0 Å². The molecule has 272 valence electrons. The number of rotatable bonds is 17. The van der Waals surface area contributed by atoms with Gasteiger partial charge < -0.3 is 37.9 Å². The predicted octanol–water partition coefficient (Wildman–Crippen LogP) is 5.49. The van der Waals surface area contributed by atoms with Crippen LogP contribution in [-0.2, 0) is 37.9 Å². The molecule has 1 aliphatic rings. The summed E-state index contributed by atoms with van der Waals surface area (Å²) in [6.45, 7) is 0.00247. The maximum atomic E-state index is 13.7. The first-order valence-corrected chi connectivity index (χ1v) is 17.0. The molecule has 0 amide bonds. The Labute approximate surface area is 305 Å². The zero-order valence-corrected chi connectivity index (χ0v) is 28.7. The van der Waals surface area contributed by atoms with E-state index in [0.29, 0.717) is 0 Å². The largest absolute Gasteiger partial charge is 0.459 e. The number of hydrogen-bond donors (Lipinski definition) is 0. The second-order valence-electron chi connectivity index (χ2n) is 11.2. The summed E-state index contributed by atoms with van der Waals surface area (Å²) in [6, 6.07) is 32.6. The van der Waals surface area contributed by atoms with Crippen molar-refractivity contribution in [1.82, 2.24) is 0 Å². The van der Waals surface area contributed by atoms with E-state index >= 15 is 0 Å². The molecule has 0 unspecified atom stereocenters. The van der Waals surface area contributed by atoms with Crippen LogP contribution in [0.2, 0.25) is 0 Å². The fraction of sp³-hybridized carbons (Fsp3) is 0.282. The third-order valence-electron chi connectivity index (χ3n) is 7.70. The van der Waals surface area contributed by atoms with Crippen LogP contribution >= 0.6 is 11.6 Å². The van der Waals surface area contributed by atoms with Gasteiger partial charge in [0.25, 0.3) is 0 Å². The molecule has 13 heteroatoms. The quantitative estimate of drug-likeness (QED) is 0.0586. The summed E-state index contributed by atoms with van der Waals surface area (Å²) in [5, 5.41) is 0. The first kappa shape index (κ1) is 38.1. The van der Waals surface area contributed by atoms with Gasteiger partial charge in [0, 0.05) is 0 Å². The second-order valence-corrected chi connectivity index (χ2v) is 11.4. The number of esters is 4. The van der Waals surface area contributed by atoms with Gasteiger partial charge in [-0.1, -0.05) is 84.4 Å². The normalized spacial score (nSPS) is 19.6. The maximum absolute atomic E-state index is 13.7. The topological polar surface area (TPSA) is 142 Å². The molecule has 0 radical (unpaired) electrons. The smallest absolute Gasteiger partial charge is 0.338 e. The van der Waals surface area contributed by atoms with Crippen LogP contribution in [0.15, 0.2) is 121 Å². The van der Waals surface area contributed by atoms with Crippen LogP contribution in [0.1, 0.15) is 41.4 Å². The summed E-state index contributed by atoms with van der Waals surface area (Å²) in [5.74, 6) is -3.08. The lowest BCUT2D eigenvalue weighted by molar-refractivity contribution is -0.299. The molecular formula is C39H37ClO12. The number of ether oxygens (including phenoxy) is 8. The van der Waals surface area contributed by atoms with E-state index in [4.69, 9.17) is 49.5 Å². The zero-order chi connectivity index (χ0) is 36.5. The first-order valence-electron chi connectivity index (χ1n) is 16.4. The van der Waals surface area contributed by atoms with Gasteiger partial charge in [0.1, 0.15) is 18.8 Å². The van der Waals surface area contributed by atoms with Gasteiger partial charge in [-0.3, -0.25) is 0 Å². The molecule has 4 aromatic carbocycles. The van der Waals surface area contributed by atoms with Crippen LogP contribution in [0.3, 0.4) is 0 Å². The van der Waals surface area contributed by atoms with Crippen molar-refractivity contribution in [2.45, 2.75) is 30.7 Å². The van der Waals surface area contributed by atoms with E-state index in [1.54, 1.807) is 109 Å². The van der Waals surface area contributed by atoms with Gasteiger partial charge in [-0.15, -0.1) is 0 Å². The summed E-state index contributed by atoms with van der Waals surface area (Å²) in [4.78, 5) is 53.8. The molecule has 1 fully saturated rings. The lowest BCUT2D eigenvalue weighted by Crippen LogP contribution is -2.63. The van der Waals surface area contributed by atoms with Crippen LogP contribution < -0.4 is 0 Å². The number of carbonyl (C=O) groups is 4. The Hall–Kier alpha value is -5.11. The summed E-state index contributed by atoms with van der Waals surface area (Å²) in [6.07, 6.45) is -7.18. The predicted molar refractivity (Wildman–Crippen MR) is 186 cm³/mol. The summed E-state index contributed by atoms with van der Waals surface area (Å²) in [7, 11) is 0. The lowest BCUT2D eigenvalue weighted by atomic mass is 9.97. The maximum Gasteiger partial charge on any atom is 0.338 e. The third-order valence-corrected chi connectivity index (χ3v) is 7.85. The Balaban J connectivity index is 1.50. The Morgan fingerprint density at radius 3 is 1.38 bits per heavy atom. The molecule has 5 atom stereocenters. The molecule has 0 N–H and O–H groups in total. The molecular weight excluding hydrogens is 696 g/mol. The Kier molecular flexibility index (Phi) is 14.7. The summed E-state index contributed by atoms with van der Waals surface area (Å²) >= 11 is 5.55. The van der Waals surface area contributed by atoms with Gasteiger partial charge in [-0.2, -0.15) is 0 Å². The van der Waals surface area contributed by atoms with E-state index in [1.807, 2.05) is 0 Å². The number of hydrogen-bond acceptors (Lipinski definition) is 12. The van der Waals surface area contributed by atoms with Crippen LogP contribution in [0.5, 0.6) is 0 Å². The monoisotopic (exact) mass is 732 g/mol. The van der Waals surface area contributed by atoms with E-state index in [-0.39, 0.29) is 54.7 Å². The van der Waals surface area contributed by atoms with Crippen molar-refractivity contribution < 1.29 is 57.1 Å². The van der Waals surface area contributed by atoms with Crippen molar-refractivity contribution in [2.24, 2.45) is 0 Å². The highest BCUT2D eigenvalue weighted by atomic mass is 35.5. The molecule has 52 heavy (non-hydrogen) atoms. The number of halogens is 1. The second kappa shape index (κ2) is 20.1. The fourth-order valence-electron chi connectivity index (χ4n) is 5.16. The van der Waals surface area contributed by atoms with Crippen molar-refractivity contribution in [3.63, 3.8) is 0 Å². The van der Waals surface area contributed by atoms with E-state index in [2.05, 4.69) is 0 Å². The summed E-state index contributed by atoms with van der Waals surface area (Å²) in [5.41, 5.74) is 0.809. The van der Waals surface area contributed by atoms with Gasteiger partial charge in [-0.25, -0.2) is 19.2 Å². The van der Waals surface area contributed by atoms with Crippen molar-refractivity contribution in [2.75, 3.05) is 39.1 Å². The average Bonchev–Trinajstić information content (AvgIpc) is 3.19. The van der Waals surface area contributed by atoms with E-state index in [9.17, 15) is 19.2 Å². The number of carbonyl (C=O) groups excluding carboxylic acids is 4. The summed E-state index contributed by atoms with van der Waals surface area (Å²) < 4.78 is 46.6. The molecule has 0 aliphatic carbocycles. The molecule has 4 aromatic rings. The van der Waals surface area contributed by atoms with Gasteiger partial charge >= 0.3 is 23.9 Å². The lowest BCUT2D eigenvalue weighted by Gasteiger charge is -2.44. The SMILES string of the molecule is O=C(OC[C@H]1O[C@H](OCCOCCOCCl)[C@@H](OC(=O)c2ccccc2)[C@@H](OC(=O)c2ccccc2)[C@@H]1OC(=O)c1ccccc1)c1ccccc1. The van der Waals surface area contributed by atoms with Crippen molar-refractivity contribution >= 4 is 35.5 Å². The van der Waals surface area contributed by atoms with Crippen LogP contribution in [0, 0.1) is 0 Å². The van der Waals surface area contributed by atoms with Crippen molar-refractivity contribution in [3.05, 3.63) is 144 Å². The van der Waals surface area contributed by atoms with Gasteiger partial charge in [-0.05, 0) is 48.5 Å². The molecule has 1 heterocycles. The molecule has 0 saturated carbocycles. The van der Waals surface area contributed by atoms with Gasteiger partial charge in [0.15, 0.2) is 24.6 Å². The molecule has 12 nitrogen and oxygen atoms in total. The fourth-order valence-corrected chi connectivity index (χ4v) is 5.27. The molecule has 5 rings (SSSR count). The minimum atomic E-state index is -1.52. The van der Waals surface area contributed by atoms with Crippen molar-refractivity contribution in [3.8, 4) is 0 Å². The Morgan fingerprint density at radius 1 is 0.500 bits per heavy atom. The Bertz CT molecular complexity index is 1710. The van der Waals surface area contributed by atoms with E-state index in [1.165, 1.54) is 12.1 Å². The Morgan fingerprint density at radius 2 is 0.904 bits per heavy atom. The highest BCUT2D eigenvalue weighted by molar-refractivity contribution is 6.17. The van der Waals surface area contributed by atoms with E-state index < -0.39 is 61.2 Å². The number of benzene rings is 4. The minimum absolute atomic E-state index is 0.0135. The molecule has 1 saturated heterocycles. The first-order chi connectivity index (χ1) is 25.4. The van der Waals surface area contributed by atoms with Gasteiger partial charge in [0.2, 0.25) is 0 Å². The number of alkyl halides is 1. The molecule has 0 spiro atoms.